The first kappa shape index (κ1) is 60.9. The molecule has 0 saturated heterocycles. The number of rotatable bonds is 12. The first-order valence-corrected chi connectivity index (χ1v) is 33.2. The zero-order valence-electron chi connectivity index (χ0n) is 53.4. The summed E-state index contributed by atoms with van der Waals surface area (Å²) in [5.41, 5.74) is 15.3. The minimum atomic E-state index is -3.42. The van der Waals surface area contributed by atoms with Crippen LogP contribution in [0.25, 0.3) is 27.6 Å². The van der Waals surface area contributed by atoms with Gasteiger partial charge in [-0.05, 0) is 120 Å². The van der Waals surface area contributed by atoms with Crippen LogP contribution in [0.15, 0.2) is 255 Å². The van der Waals surface area contributed by atoms with Gasteiger partial charge in [-0.2, -0.15) is 46.3 Å². The van der Waals surface area contributed by atoms with Crippen molar-refractivity contribution >= 4 is 73.4 Å². The topological polar surface area (TPSA) is 24.3 Å². The molecule has 0 aliphatic carbocycles. The number of anilines is 4. The zero-order chi connectivity index (χ0) is 61.4. The summed E-state index contributed by atoms with van der Waals surface area (Å²) in [6.07, 6.45) is 1.99. The van der Waals surface area contributed by atoms with Gasteiger partial charge in [0.25, 0.3) is 0 Å². The molecule has 0 saturated carbocycles. The van der Waals surface area contributed by atoms with Gasteiger partial charge in [0.2, 0.25) is 0 Å². The summed E-state index contributed by atoms with van der Waals surface area (Å²) >= 11 is 0. The molecule has 0 spiro atoms. The molecule has 0 N–H and O–H groups in total. The van der Waals surface area contributed by atoms with Crippen molar-refractivity contribution in [1.29, 1.82) is 0 Å². The predicted octanol–water partition coefficient (Wildman–Crippen LogP) is 18.1. The van der Waals surface area contributed by atoms with Crippen molar-refractivity contribution in [2.45, 2.75) is 110 Å². The normalized spacial score (nSPS) is 13.2. The van der Waals surface area contributed by atoms with Crippen LogP contribution in [0.4, 0.5) is 22.7 Å². The van der Waals surface area contributed by atoms with Gasteiger partial charge in [-0.25, -0.2) is 4.98 Å². The smallest absolute Gasteiger partial charge is 0.135 e. The van der Waals surface area contributed by atoms with E-state index in [0.29, 0.717) is 0 Å². The summed E-state index contributed by atoms with van der Waals surface area (Å²) in [5.74, 6) is 0.849. The second-order valence-electron chi connectivity index (χ2n) is 28.0. The van der Waals surface area contributed by atoms with Crippen molar-refractivity contribution in [2.24, 2.45) is 0 Å². The molecule has 1 aliphatic heterocycles. The van der Waals surface area contributed by atoms with Gasteiger partial charge in [0, 0.05) is 60.7 Å². The number of nitrogens with zero attached hydrogens (tertiary/aromatic N) is 4. The molecule has 0 radical (unpaired) electrons. The Kier molecular flexibility index (Phi) is 15.9. The van der Waals surface area contributed by atoms with E-state index in [4.69, 9.17) is 4.98 Å². The van der Waals surface area contributed by atoms with Crippen LogP contribution in [0, 0.1) is 18.8 Å². The van der Waals surface area contributed by atoms with Crippen molar-refractivity contribution in [3.63, 3.8) is 0 Å². The summed E-state index contributed by atoms with van der Waals surface area (Å²) in [7, 11) is -3.42. The van der Waals surface area contributed by atoms with Crippen LogP contribution >= 0.6 is 0 Å². The summed E-state index contributed by atoms with van der Waals surface area (Å²) in [6, 6.07) is 101. The fraction of sp³-hybridized carbons (Fsp3) is 0.205. The van der Waals surface area contributed by atoms with Crippen LogP contribution in [-0.2, 0) is 48.1 Å². The molecule has 13 rings (SSSR count). The third-order valence-electron chi connectivity index (χ3n) is 18.9. The van der Waals surface area contributed by atoms with Crippen molar-refractivity contribution in [3.8, 4) is 5.82 Å². The van der Waals surface area contributed by atoms with Gasteiger partial charge in [0.15, 0.2) is 0 Å². The molecule has 3 heterocycles. The van der Waals surface area contributed by atoms with Gasteiger partial charge >= 0.3 is 0 Å². The monoisotopic (exact) mass is 1350 g/mol. The molecule has 0 atom stereocenters. The third kappa shape index (κ3) is 10.8. The van der Waals surface area contributed by atoms with E-state index in [0.717, 1.165) is 60.7 Å². The zero-order valence-corrected chi connectivity index (χ0v) is 56.7. The largest absolute Gasteiger partial charge is 0.493 e. The average Bonchev–Trinajstić information content (AvgIpc) is 1.71. The van der Waals surface area contributed by atoms with Crippen molar-refractivity contribution < 1.29 is 21.1 Å². The van der Waals surface area contributed by atoms with Gasteiger partial charge in [-0.15, -0.1) is 23.8 Å². The van der Waals surface area contributed by atoms with E-state index in [1.54, 1.807) is 0 Å². The molecule has 0 amide bonds. The fourth-order valence-electron chi connectivity index (χ4n) is 13.5. The van der Waals surface area contributed by atoms with E-state index < -0.39 is 13.5 Å². The second kappa shape index (κ2) is 23.2. The molecule has 6 heteroatoms. The predicted molar refractivity (Wildman–Crippen MR) is 374 cm³/mol. The van der Waals surface area contributed by atoms with Crippen molar-refractivity contribution in [2.75, 3.05) is 9.80 Å². The fourth-order valence-corrected chi connectivity index (χ4v) is 18.0. The maximum absolute atomic E-state index is 5.33. The molecule has 2 aromatic heterocycles. The molecule has 89 heavy (non-hydrogen) atoms. The molecule has 4 nitrogen and oxygen atoms in total. The number of fused-ring (bicyclic) bond motifs is 4. The summed E-state index contributed by atoms with van der Waals surface area (Å²) in [4.78, 5) is 10.1. The van der Waals surface area contributed by atoms with Crippen molar-refractivity contribution in [3.05, 3.63) is 318 Å². The van der Waals surface area contributed by atoms with Crippen molar-refractivity contribution in [1.82, 2.24) is 9.55 Å². The standard InChI is InChI=1S/C83H79N4Si.Pt/c1-79(2,3)63-48-64(80(4,5)6)50-66(49-63)85-57-86(76-41-29-28-40-75(76)85)67-51-65(81(7,8)9)52-71(55-67)88(68-36-24-16-25-37-68,69-38-26-17-27-39-69)70-43-44-72-73-53-62(83(12,59-32-20-14-21-33-59)60-34-22-15-23-35-60)42-45-74(73)87(77(72)56-70)78-54-61(46-47-84-78)82(10,11)58-30-18-13-19-31-58;/h13-54,57H,1-12H3;/q-3;. The van der Waals surface area contributed by atoms with Crippen LogP contribution in [0.2, 0.25) is 0 Å². The minimum Gasteiger partial charge on any atom is -0.493 e. The minimum absolute atomic E-state index is 0. The van der Waals surface area contributed by atoms with Crippen LogP contribution in [0.3, 0.4) is 0 Å². The van der Waals surface area contributed by atoms with Gasteiger partial charge in [0.05, 0.1) is 0 Å². The molecular formula is C83H79N4PtSi-3. The molecule has 10 aromatic carbocycles. The Morgan fingerprint density at radius 2 is 0.876 bits per heavy atom. The molecule has 0 fully saturated rings. The summed E-state index contributed by atoms with van der Waals surface area (Å²) < 4.78 is 2.39. The maximum atomic E-state index is 5.33. The Morgan fingerprint density at radius 1 is 0.382 bits per heavy atom. The van der Waals surface area contributed by atoms with E-state index in [-0.39, 0.29) is 42.7 Å². The Balaban J connectivity index is 0.00000769. The third-order valence-corrected chi connectivity index (χ3v) is 23.5. The molecular weight excluding hydrogens is 1280 g/mol. The number of benzene rings is 10. The van der Waals surface area contributed by atoms with Gasteiger partial charge in [0.1, 0.15) is 13.9 Å². The number of hydrogen-bond acceptors (Lipinski definition) is 3. The maximum Gasteiger partial charge on any atom is 0.135 e. The Labute approximate surface area is 544 Å². The van der Waals surface area contributed by atoms with Crippen LogP contribution in [0.1, 0.15) is 128 Å². The molecule has 12 aromatic rings. The van der Waals surface area contributed by atoms with E-state index in [2.05, 4.69) is 365 Å². The Bertz CT molecular complexity index is 4400. The van der Waals surface area contributed by atoms with Crippen LogP contribution < -0.4 is 30.5 Å². The van der Waals surface area contributed by atoms with E-state index in [9.17, 15) is 0 Å². The quantitative estimate of drug-likeness (QED) is 0.0692. The number of pyridine rings is 1. The number of hydrogen-bond donors (Lipinski definition) is 0. The number of para-hydroxylation sites is 2. The van der Waals surface area contributed by atoms with Crippen LogP contribution in [-0.4, -0.2) is 17.6 Å². The van der Waals surface area contributed by atoms with Gasteiger partial charge in [-0.1, -0.05) is 264 Å². The van der Waals surface area contributed by atoms with E-state index in [1.807, 2.05) is 6.20 Å². The first-order valence-electron chi connectivity index (χ1n) is 31.2. The summed E-state index contributed by atoms with van der Waals surface area (Å²) in [6.45, 7) is 30.2. The van der Waals surface area contributed by atoms with Gasteiger partial charge in [-0.3, -0.25) is 0 Å². The van der Waals surface area contributed by atoms with E-state index >= 15 is 0 Å². The Hall–Kier alpha value is -8.34. The Morgan fingerprint density at radius 3 is 1.42 bits per heavy atom. The van der Waals surface area contributed by atoms with Gasteiger partial charge < -0.3 is 14.4 Å². The average molecular weight is 1360 g/mol. The molecule has 448 valence electrons. The second-order valence-corrected chi connectivity index (χ2v) is 31.7. The van der Waals surface area contributed by atoms with Crippen LogP contribution in [0.5, 0.6) is 0 Å². The van der Waals surface area contributed by atoms with E-state index in [1.165, 1.54) is 54.9 Å². The molecule has 1 aliphatic rings. The number of aromatic nitrogens is 2. The summed E-state index contributed by atoms with van der Waals surface area (Å²) in [5, 5.41) is 7.06. The SMILES string of the molecule is CC(C)(C)c1cc(N2[CH-]N(c3cc(C(C)(C)C)cc(C(C)(C)C)c3)c3ccccc32)[c-]c([Si](c2[c-]c3c(cc2)c2cc(C(C)(c4ccccc4)c4ccccc4)ccc2n3-c2cc(C(C)(C)c3ccccc3)ccn2)(c2ccccc2)c2ccccc2)c1.[Pt]. The molecule has 0 unspecified atom stereocenters. The first-order chi connectivity index (χ1) is 42.1. The molecule has 0 bridgehead atoms.